The second kappa shape index (κ2) is 8.56. The van der Waals surface area contributed by atoms with Crippen molar-refractivity contribution >= 4 is 11.8 Å². The number of carbonyl (C=O) groups is 2. The molecule has 2 aliphatic rings. The minimum absolute atomic E-state index is 0.116. The van der Waals surface area contributed by atoms with Crippen LogP contribution in [-0.4, -0.2) is 48.6 Å². The van der Waals surface area contributed by atoms with Crippen molar-refractivity contribution in [1.82, 2.24) is 10.2 Å². The van der Waals surface area contributed by atoms with Crippen LogP contribution < -0.4 is 5.32 Å². The molecule has 1 saturated heterocycles. The smallest absolute Gasteiger partial charge is 0.254 e. The predicted molar refractivity (Wildman–Crippen MR) is 112 cm³/mol. The van der Waals surface area contributed by atoms with Gasteiger partial charge in [0.1, 0.15) is 5.82 Å². The fourth-order valence-electron chi connectivity index (χ4n) is 3.99. The number of nitrogens with one attached hydrogen (secondary N) is 1. The van der Waals surface area contributed by atoms with Gasteiger partial charge in [0.15, 0.2) is 5.60 Å². The molecule has 1 heterocycles. The number of amides is 2. The van der Waals surface area contributed by atoms with Gasteiger partial charge in [-0.1, -0.05) is 36.4 Å². The average Bonchev–Trinajstić information content (AvgIpc) is 3.60. The van der Waals surface area contributed by atoms with E-state index in [1.807, 2.05) is 31.2 Å². The summed E-state index contributed by atoms with van der Waals surface area (Å²) in [5.41, 5.74) is 1.76. The Morgan fingerprint density at radius 1 is 1.10 bits per heavy atom. The Labute approximate surface area is 176 Å². The molecule has 1 aliphatic heterocycles. The molecule has 1 unspecified atom stereocenters. The van der Waals surface area contributed by atoms with Gasteiger partial charge >= 0.3 is 0 Å². The Morgan fingerprint density at radius 3 is 2.33 bits per heavy atom. The fraction of sp³-hybridized carbons (Fsp3) is 0.417. The van der Waals surface area contributed by atoms with Crippen LogP contribution in [0.1, 0.15) is 25.3 Å². The largest absolute Gasteiger partial charge is 0.361 e. The molecule has 158 valence electrons. The minimum Gasteiger partial charge on any atom is -0.361 e. The lowest BCUT2D eigenvalue weighted by Crippen LogP contribution is -2.62. The van der Waals surface area contributed by atoms with Gasteiger partial charge in [0.05, 0.1) is 13.2 Å². The first kappa shape index (κ1) is 20.5. The summed E-state index contributed by atoms with van der Waals surface area (Å²) >= 11 is 0. The molecule has 1 saturated carbocycles. The predicted octanol–water partition coefficient (Wildman–Crippen LogP) is 3.18. The van der Waals surface area contributed by atoms with Crippen LogP contribution in [0.3, 0.4) is 0 Å². The van der Waals surface area contributed by atoms with E-state index >= 15 is 0 Å². The van der Waals surface area contributed by atoms with E-state index in [1.165, 1.54) is 12.1 Å². The molecule has 2 amide bonds. The van der Waals surface area contributed by atoms with Crippen molar-refractivity contribution in [2.45, 2.75) is 31.8 Å². The molecule has 0 bridgehead atoms. The van der Waals surface area contributed by atoms with Gasteiger partial charge < -0.3 is 15.0 Å². The molecule has 1 aliphatic carbocycles. The van der Waals surface area contributed by atoms with Crippen molar-refractivity contribution in [2.75, 3.05) is 26.2 Å². The van der Waals surface area contributed by atoms with Crippen molar-refractivity contribution < 1.29 is 18.7 Å². The van der Waals surface area contributed by atoms with Gasteiger partial charge in [-0.15, -0.1) is 0 Å². The number of hydrogen-bond donors (Lipinski definition) is 1. The minimum atomic E-state index is -1.09. The van der Waals surface area contributed by atoms with Crippen LogP contribution in [-0.2, 0) is 20.7 Å². The van der Waals surface area contributed by atoms with E-state index in [0.29, 0.717) is 26.1 Å². The zero-order valence-corrected chi connectivity index (χ0v) is 17.2. The van der Waals surface area contributed by atoms with Gasteiger partial charge in [0.2, 0.25) is 5.91 Å². The van der Waals surface area contributed by atoms with E-state index in [9.17, 15) is 14.0 Å². The summed E-state index contributed by atoms with van der Waals surface area (Å²) in [5, 5.41) is 2.89. The van der Waals surface area contributed by atoms with E-state index in [2.05, 4.69) is 5.32 Å². The molecular formula is C24H27FN2O3. The normalized spacial score (nSPS) is 21.3. The third-order valence-corrected chi connectivity index (χ3v) is 5.80. The lowest BCUT2D eigenvalue weighted by molar-refractivity contribution is -0.166. The van der Waals surface area contributed by atoms with E-state index in [0.717, 1.165) is 29.5 Å². The third kappa shape index (κ3) is 4.38. The Hall–Kier alpha value is -2.73. The second-order valence-corrected chi connectivity index (χ2v) is 8.12. The summed E-state index contributed by atoms with van der Waals surface area (Å²) in [6.45, 7) is 3.53. The van der Waals surface area contributed by atoms with Gasteiger partial charge in [0, 0.05) is 25.4 Å². The standard InChI is InChI=1S/C24H27FN2O3/c1-2-26-23(29)24(16-27(13-14-30-24)22(28)20-7-8-20)15-17-3-5-18(6-4-17)19-9-11-21(25)12-10-19/h3-6,9-12,20H,2,7-8,13-16H2,1H3,(H,26,29). The quantitative estimate of drug-likeness (QED) is 0.796. The van der Waals surface area contributed by atoms with Crippen LogP contribution in [0.2, 0.25) is 0 Å². The van der Waals surface area contributed by atoms with Crippen LogP contribution >= 0.6 is 0 Å². The Morgan fingerprint density at radius 2 is 1.73 bits per heavy atom. The number of rotatable bonds is 6. The molecule has 2 aromatic rings. The molecule has 5 nitrogen and oxygen atoms in total. The van der Waals surface area contributed by atoms with Crippen LogP contribution in [0, 0.1) is 11.7 Å². The third-order valence-electron chi connectivity index (χ3n) is 5.80. The van der Waals surface area contributed by atoms with E-state index < -0.39 is 5.60 Å². The number of nitrogens with zero attached hydrogens (tertiary/aromatic N) is 1. The SMILES string of the molecule is CCNC(=O)C1(Cc2ccc(-c3ccc(F)cc3)cc2)CN(C(=O)C2CC2)CCO1. The average molecular weight is 410 g/mol. The first-order valence-corrected chi connectivity index (χ1v) is 10.6. The van der Waals surface area contributed by atoms with E-state index in [4.69, 9.17) is 4.74 Å². The number of halogens is 1. The Kier molecular flexibility index (Phi) is 5.86. The fourth-order valence-corrected chi connectivity index (χ4v) is 3.99. The van der Waals surface area contributed by atoms with E-state index in [-0.39, 0.29) is 30.1 Å². The molecule has 6 heteroatoms. The number of likely N-dealkylation sites (N-methyl/N-ethyl adjacent to an activating group) is 1. The monoisotopic (exact) mass is 410 g/mol. The van der Waals surface area contributed by atoms with E-state index in [1.54, 1.807) is 17.0 Å². The Balaban J connectivity index is 1.55. The summed E-state index contributed by atoms with van der Waals surface area (Å²) < 4.78 is 19.2. The van der Waals surface area contributed by atoms with Crippen molar-refractivity contribution in [3.05, 3.63) is 59.9 Å². The zero-order valence-electron chi connectivity index (χ0n) is 17.2. The highest BCUT2D eigenvalue weighted by Gasteiger charge is 2.46. The number of hydrogen-bond acceptors (Lipinski definition) is 3. The molecule has 1 atom stereocenters. The van der Waals surface area contributed by atoms with Crippen molar-refractivity contribution in [3.8, 4) is 11.1 Å². The second-order valence-electron chi connectivity index (χ2n) is 8.12. The molecule has 30 heavy (non-hydrogen) atoms. The highest BCUT2D eigenvalue weighted by molar-refractivity contribution is 5.88. The van der Waals surface area contributed by atoms with Crippen molar-refractivity contribution in [1.29, 1.82) is 0 Å². The molecule has 0 radical (unpaired) electrons. The summed E-state index contributed by atoms with van der Waals surface area (Å²) in [4.78, 5) is 27.4. The van der Waals surface area contributed by atoms with Gasteiger partial charge in [0.25, 0.3) is 5.91 Å². The van der Waals surface area contributed by atoms with Crippen molar-refractivity contribution in [3.63, 3.8) is 0 Å². The Bertz CT molecular complexity index is 909. The van der Waals surface area contributed by atoms with Crippen LogP contribution in [0.15, 0.2) is 48.5 Å². The molecule has 2 aromatic carbocycles. The topological polar surface area (TPSA) is 58.6 Å². The van der Waals surface area contributed by atoms with Gasteiger partial charge in [-0.05, 0) is 48.6 Å². The number of morpholine rings is 1. The van der Waals surface area contributed by atoms with Crippen LogP contribution in [0.25, 0.3) is 11.1 Å². The molecule has 0 aromatic heterocycles. The van der Waals surface area contributed by atoms with Gasteiger partial charge in [-0.2, -0.15) is 0 Å². The molecule has 0 spiro atoms. The highest BCUT2D eigenvalue weighted by Crippen LogP contribution is 2.33. The first-order chi connectivity index (χ1) is 14.5. The molecule has 2 fully saturated rings. The molecular weight excluding hydrogens is 383 g/mol. The van der Waals surface area contributed by atoms with Gasteiger partial charge in [-0.25, -0.2) is 4.39 Å². The van der Waals surface area contributed by atoms with Crippen molar-refractivity contribution in [2.24, 2.45) is 5.92 Å². The zero-order chi connectivity index (χ0) is 21.1. The summed E-state index contributed by atoms with van der Waals surface area (Å²) in [6, 6.07) is 14.2. The number of carbonyl (C=O) groups excluding carboxylic acids is 2. The number of benzene rings is 2. The van der Waals surface area contributed by atoms with Crippen LogP contribution in [0.4, 0.5) is 4.39 Å². The maximum absolute atomic E-state index is 13.2. The lowest BCUT2D eigenvalue weighted by atomic mass is 9.90. The number of ether oxygens (including phenoxy) is 1. The van der Waals surface area contributed by atoms with Crippen LogP contribution in [0.5, 0.6) is 0 Å². The summed E-state index contributed by atoms with van der Waals surface area (Å²) in [5.74, 6) is -0.191. The summed E-state index contributed by atoms with van der Waals surface area (Å²) in [6.07, 6.45) is 2.27. The summed E-state index contributed by atoms with van der Waals surface area (Å²) in [7, 11) is 0. The van der Waals surface area contributed by atoms with Gasteiger partial charge in [-0.3, -0.25) is 9.59 Å². The molecule has 1 N–H and O–H groups in total. The highest BCUT2D eigenvalue weighted by atomic mass is 19.1. The lowest BCUT2D eigenvalue weighted by Gasteiger charge is -2.41. The molecule has 4 rings (SSSR count). The maximum atomic E-state index is 13.2. The maximum Gasteiger partial charge on any atom is 0.254 e. The first-order valence-electron chi connectivity index (χ1n) is 10.6.